The van der Waals surface area contributed by atoms with Crippen molar-refractivity contribution in [3.8, 4) is 0 Å². The Bertz CT molecular complexity index is 363. The van der Waals surface area contributed by atoms with Crippen molar-refractivity contribution >= 4 is 0 Å². The van der Waals surface area contributed by atoms with Crippen LogP contribution in [0.2, 0.25) is 0 Å². The summed E-state index contributed by atoms with van der Waals surface area (Å²) in [5.41, 5.74) is 4.70. The first-order chi connectivity index (χ1) is 7.53. The Morgan fingerprint density at radius 3 is 2.31 bits per heavy atom. The summed E-state index contributed by atoms with van der Waals surface area (Å²) in [6.07, 6.45) is 3.88. The second-order valence-electron chi connectivity index (χ2n) is 5.67. The van der Waals surface area contributed by atoms with Gasteiger partial charge in [0.2, 0.25) is 0 Å². The summed E-state index contributed by atoms with van der Waals surface area (Å²) in [4.78, 5) is 0. The summed E-state index contributed by atoms with van der Waals surface area (Å²) in [6, 6.07) is 7.69. The standard InChI is InChI=1S/C15H23N/c1-11-7-12(2)9-13(8-11)15(3)6-5-14(10-15)16-4/h7-9,14,16H,5-6,10H2,1-4H3. The Hall–Kier alpha value is -0.820. The number of benzene rings is 1. The molecule has 2 unspecified atom stereocenters. The van der Waals surface area contributed by atoms with Crippen molar-refractivity contribution in [3.63, 3.8) is 0 Å². The van der Waals surface area contributed by atoms with E-state index in [-0.39, 0.29) is 0 Å². The van der Waals surface area contributed by atoms with Crippen LogP contribution in [0.15, 0.2) is 18.2 Å². The first-order valence-corrected chi connectivity index (χ1v) is 6.29. The van der Waals surface area contributed by atoms with E-state index in [4.69, 9.17) is 0 Å². The topological polar surface area (TPSA) is 12.0 Å². The minimum absolute atomic E-state index is 0.379. The maximum atomic E-state index is 3.42. The van der Waals surface area contributed by atoms with Crippen molar-refractivity contribution in [2.24, 2.45) is 0 Å². The Kier molecular flexibility index (Phi) is 3.07. The van der Waals surface area contributed by atoms with E-state index in [1.807, 2.05) is 0 Å². The molecule has 0 spiro atoms. The lowest BCUT2D eigenvalue weighted by Crippen LogP contribution is -2.25. The van der Waals surface area contributed by atoms with E-state index in [1.54, 1.807) is 0 Å². The van der Waals surface area contributed by atoms with Gasteiger partial charge in [-0.3, -0.25) is 0 Å². The van der Waals surface area contributed by atoms with Crippen LogP contribution >= 0.6 is 0 Å². The molecule has 1 N–H and O–H groups in total. The van der Waals surface area contributed by atoms with Crippen molar-refractivity contribution in [2.75, 3.05) is 7.05 Å². The molecule has 0 aliphatic heterocycles. The predicted octanol–water partition coefficient (Wildman–Crippen LogP) is 3.33. The van der Waals surface area contributed by atoms with Crippen LogP contribution in [0.25, 0.3) is 0 Å². The molecule has 1 aliphatic carbocycles. The second kappa shape index (κ2) is 4.21. The van der Waals surface area contributed by atoms with Crippen molar-refractivity contribution in [1.29, 1.82) is 0 Å². The van der Waals surface area contributed by atoms with Gasteiger partial charge in [-0.15, -0.1) is 0 Å². The average Bonchev–Trinajstić information content (AvgIpc) is 2.60. The molecule has 0 bridgehead atoms. The normalized spacial score (nSPS) is 29.6. The van der Waals surface area contributed by atoms with Crippen LogP contribution in [0.5, 0.6) is 0 Å². The highest BCUT2D eigenvalue weighted by Gasteiger charge is 2.35. The van der Waals surface area contributed by atoms with E-state index in [0.29, 0.717) is 11.5 Å². The molecule has 2 rings (SSSR count). The zero-order valence-electron chi connectivity index (χ0n) is 10.9. The van der Waals surface area contributed by atoms with E-state index in [0.717, 1.165) is 0 Å². The lowest BCUT2D eigenvalue weighted by molar-refractivity contribution is 0.466. The Balaban J connectivity index is 2.29. The fourth-order valence-corrected chi connectivity index (χ4v) is 3.07. The molecule has 88 valence electrons. The third kappa shape index (κ3) is 2.15. The Morgan fingerprint density at radius 1 is 1.19 bits per heavy atom. The zero-order valence-corrected chi connectivity index (χ0v) is 10.9. The van der Waals surface area contributed by atoms with Gasteiger partial charge in [-0.25, -0.2) is 0 Å². The number of hydrogen-bond acceptors (Lipinski definition) is 1. The predicted molar refractivity (Wildman–Crippen MR) is 70.0 cm³/mol. The molecule has 1 aliphatic rings. The molecule has 0 heterocycles. The molecule has 0 radical (unpaired) electrons. The van der Waals surface area contributed by atoms with Gasteiger partial charge < -0.3 is 5.32 Å². The summed E-state index contributed by atoms with van der Waals surface area (Å²) in [5.74, 6) is 0. The maximum Gasteiger partial charge on any atom is 0.00727 e. The molecule has 16 heavy (non-hydrogen) atoms. The third-order valence-corrected chi connectivity index (χ3v) is 4.07. The van der Waals surface area contributed by atoms with Crippen molar-refractivity contribution < 1.29 is 0 Å². The molecule has 1 saturated carbocycles. The number of rotatable bonds is 2. The molecule has 1 nitrogen and oxygen atoms in total. The highest BCUT2D eigenvalue weighted by atomic mass is 14.9. The van der Waals surface area contributed by atoms with E-state index in [9.17, 15) is 0 Å². The molecule has 1 heteroatoms. The monoisotopic (exact) mass is 217 g/mol. The maximum absolute atomic E-state index is 3.42. The summed E-state index contributed by atoms with van der Waals surface area (Å²) in [6.45, 7) is 6.81. The van der Waals surface area contributed by atoms with Gasteiger partial charge in [0, 0.05) is 6.04 Å². The van der Waals surface area contributed by atoms with Gasteiger partial charge in [0.05, 0.1) is 0 Å². The van der Waals surface area contributed by atoms with Crippen LogP contribution in [0.3, 0.4) is 0 Å². The number of aryl methyl sites for hydroxylation is 2. The van der Waals surface area contributed by atoms with Crippen LogP contribution in [0, 0.1) is 13.8 Å². The van der Waals surface area contributed by atoms with Crippen LogP contribution in [-0.4, -0.2) is 13.1 Å². The van der Waals surface area contributed by atoms with E-state index in [2.05, 4.69) is 51.3 Å². The van der Waals surface area contributed by atoms with E-state index < -0.39 is 0 Å². The van der Waals surface area contributed by atoms with Crippen molar-refractivity contribution in [3.05, 3.63) is 34.9 Å². The number of hydrogen-bond donors (Lipinski definition) is 1. The summed E-state index contributed by atoms with van der Waals surface area (Å²) < 4.78 is 0. The molecule has 0 saturated heterocycles. The van der Waals surface area contributed by atoms with Gasteiger partial charge in [0.25, 0.3) is 0 Å². The third-order valence-electron chi connectivity index (χ3n) is 4.07. The molecule has 2 atom stereocenters. The smallest absolute Gasteiger partial charge is 0.00727 e. The Morgan fingerprint density at radius 2 is 1.81 bits per heavy atom. The quantitative estimate of drug-likeness (QED) is 0.801. The van der Waals surface area contributed by atoms with Crippen molar-refractivity contribution in [1.82, 2.24) is 5.32 Å². The van der Waals surface area contributed by atoms with E-state index >= 15 is 0 Å². The molecule has 0 aromatic heterocycles. The summed E-state index contributed by atoms with van der Waals surface area (Å²) >= 11 is 0. The van der Waals surface area contributed by atoms with Gasteiger partial charge in [-0.05, 0) is 51.1 Å². The molecular formula is C15H23N. The first kappa shape index (κ1) is 11.7. The zero-order chi connectivity index (χ0) is 11.8. The molecule has 1 aromatic rings. The largest absolute Gasteiger partial charge is 0.317 e. The number of nitrogens with one attached hydrogen (secondary N) is 1. The molecule has 1 aromatic carbocycles. The van der Waals surface area contributed by atoms with Gasteiger partial charge in [0.1, 0.15) is 0 Å². The second-order valence-corrected chi connectivity index (χ2v) is 5.67. The highest BCUT2D eigenvalue weighted by Crippen LogP contribution is 2.41. The minimum atomic E-state index is 0.379. The SMILES string of the molecule is CNC1CCC(C)(c2cc(C)cc(C)c2)C1. The lowest BCUT2D eigenvalue weighted by Gasteiger charge is -2.26. The fraction of sp³-hybridized carbons (Fsp3) is 0.600. The lowest BCUT2D eigenvalue weighted by atomic mass is 9.79. The molecule has 0 amide bonds. The van der Waals surface area contributed by atoms with Crippen molar-refractivity contribution in [2.45, 2.75) is 51.5 Å². The average molecular weight is 217 g/mol. The first-order valence-electron chi connectivity index (χ1n) is 6.29. The molecule has 1 fully saturated rings. The van der Waals surface area contributed by atoms with Crippen LogP contribution in [0.1, 0.15) is 42.9 Å². The van der Waals surface area contributed by atoms with Gasteiger partial charge in [-0.2, -0.15) is 0 Å². The Labute approximate surface area is 99.3 Å². The summed E-state index contributed by atoms with van der Waals surface area (Å²) in [7, 11) is 2.08. The minimum Gasteiger partial charge on any atom is -0.317 e. The highest BCUT2D eigenvalue weighted by molar-refractivity contribution is 5.34. The van der Waals surface area contributed by atoms with Gasteiger partial charge in [-0.1, -0.05) is 36.2 Å². The van der Waals surface area contributed by atoms with E-state index in [1.165, 1.54) is 36.0 Å². The summed E-state index contributed by atoms with van der Waals surface area (Å²) in [5, 5.41) is 3.42. The van der Waals surface area contributed by atoms with Crippen LogP contribution < -0.4 is 5.32 Å². The van der Waals surface area contributed by atoms with Gasteiger partial charge in [0.15, 0.2) is 0 Å². The van der Waals surface area contributed by atoms with Gasteiger partial charge >= 0.3 is 0 Å². The van der Waals surface area contributed by atoms with Crippen LogP contribution in [-0.2, 0) is 5.41 Å². The fourth-order valence-electron chi connectivity index (χ4n) is 3.07. The van der Waals surface area contributed by atoms with Crippen LogP contribution in [0.4, 0.5) is 0 Å². The molecular weight excluding hydrogens is 194 g/mol.